The first kappa shape index (κ1) is 19.6. The molecule has 0 radical (unpaired) electrons. The van der Waals surface area contributed by atoms with Crippen LogP contribution in [0.15, 0.2) is 29.5 Å². The molecule has 1 atom stereocenters. The van der Waals surface area contributed by atoms with Crippen molar-refractivity contribution in [1.29, 1.82) is 0 Å². The van der Waals surface area contributed by atoms with Gasteiger partial charge in [-0.05, 0) is 50.2 Å². The van der Waals surface area contributed by atoms with Crippen LogP contribution in [-0.4, -0.2) is 30.7 Å². The Balaban J connectivity index is 1.81. The Morgan fingerprint density at radius 1 is 1.31 bits per heavy atom. The molecule has 8 heteroatoms. The summed E-state index contributed by atoms with van der Waals surface area (Å²) in [4.78, 5) is 26.4. The molecule has 0 spiro atoms. The van der Waals surface area contributed by atoms with Gasteiger partial charge in [0.15, 0.2) is 5.65 Å². The SMILES string of the molecule is CC(C)CCc1ncnc2c1nc(Cn1cccc(N)c1=O)n2C1CCCCO1. The lowest BCUT2D eigenvalue weighted by molar-refractivity contribution is -0.0314. The Hall–Kier alpha value is -2.74. The van der Waals surface area contributed by atoms with Gasteiger partial charge in [0.1, 0.15) is 23.9 Å². The van der Waals surface area contributed by atoms with E-state index in [0.29, 0.717) is 19.1 Å². The first-order valence-corrected chi connectivity index (χ1v) is 10.3. The van der Waals surface area contributed by atoms with E-state index in [2.05, 4.69) is 23.8 Å². The van der Waals surface area contributed by atoms with Crippen LogP contribution in [0.4, 0.5) is 5.69 Å². The molecule has 0 amide bonds. The normalized spacial score (nSPS) is 17.3. The molecule has 1 aliphatic heterocycles. The van der Waals surface area contributed by atoms with Gasteiger partial charge < -0.3 is 15.0 Å². The molecule has 4 rings (SSSR count). The van der Waals surface area contributed by atoms with E-state index < -0.39 is 0 Å². The molecule has 154 valence electrons. The van der Waals surface area contributed by atoms with Crippen molar-refractivity contribution in [2.45, 2.75) is 58.7 Å². The summed E-state index contributed by atoms with van der Waals surface area (Å²) in [6, 6.07) is 3.39. The van der Waals surface area contributed by atoms with Crippen molar-refractivity contribution in [3.8, 4) is 0 Å². The number of hydrogen-bond donors (Lipinski definition) is 1. The maximum absolute atomic E-state index is 12.5. The van der Waals surface area contributed by atoms with E-state index in [-0.39, 0.29) is 17.5 Å². The van der Waals surface area contributed by atoms with Crippen molar-refractivity contribution in [3.05, 3.63) is 46.5 Å². The van der Waals surface area contributed by atoms with Gasteiger partial charge in [-0.25, -0.2) is 15.0 Å². The molecule has 0 aromatic carbocycles. The molecule has 1 saturated heterocycles. The number of fused-ring (bicyclic) bond motifs is 1. The quantitative estimate of drug-likeness (QED) is 0.687. The summed E-state index contributed by atoms with van der Waals surface area (Å²) in [5.41, 5.74) is 8.34. The van der Waals surface area contributed by atoms with Gasteiger partial charge in [0.2, 0.25) is 0 Å². The number of nitrogen functional groups attached to an aromatic ring is 1. The van der Waals surface area contributed by atoms with Gasteiger partial charge in [0.25, 0.3) is 5.56 Å². The number of aromatic nitrogens is 5. The lowest BCUT2D eigenvalue weighted by atomic mass is 10.1. The van der Waals surface area contributed by atoms with E-state index in [1.807, 2.05) is 4.57 Å². The topological polar surface area (TPSA) is 101 Å². The fourth-order valence-corrected chi connectivity index (χ4v) is 3.78. The van der Waals surface area contributed by atoms with Crippen molar-refractivity contribution in [2.75, 3.05) is 12.3 Å². The molecule has 3 aromatic heterocycles. The van der Waals surface area contributed by atoms with Gasteiger partial charge in [-0.2, -0.15) is 0 Å². The van der Waals surface area contributed by atoms with Crippen LogP contribution in [0.5, 0.6) is 0 Å². The Morgan fingerprint density at radius 2 is 2.17 bits per heavy atom. The zero-order valence-electron chi connectivity index (χ0n) is 17.0. The molecule has 1 unspecified atom stereocenters. The van der Waals surface area contributed by atoms with E-state index in [1.165, 1.54) is 0 Å². The molecule has 29 heavy (non-hydrogen) atoms. The minimum atomic E-state index is -0.221. The summed E-state index contributed by atoms with van der Waals surface area (Å²) in [5, 5.41) is 0. The summed E-state index contributed by atoms with van der Waals surface area (Å²) in [5.74, 6) is 1.32. The molecule has 8 nitrogen and oxygen atoms in total. The number of anilines is 1. The number of nitrogens with zero attached hydrogens (tertiary/aromatic N) is 5. The molecular weight excluding hydrogens is 368 g/mol. The van der Waals surface area contributed by atoms with Crippen molar-refractivity contribution in [2.24, 2.45) is 5.92 Å². The molecule has 3 aromatic rings. The predicted molar refractivity (Wildman–Crippen MR) is 112 cm³/mol. The van der Waals surface area contributed by atoms with Crippen LogP contribution in [0.2, 0.25) is 0 Å². The Morgan fingerprint density at radius 3 is 2.93 bits per heavy atom. The second-order valence-corrected chi connectivity index (χ2v) is 8.04. The summed E-state index contributed by atoms with van der Waals surface area (Å²) < 4.78 is 9.68. The number of rotatable bonds is 6. The van der Waals surface area contributed by atoms with Gasteiger partial charge in [0.05, 0.1) is 17.9 Å². The lowest BCUT2D eigenvalue weighted by Crippen LogP contribution is -2.26. The largest absolute Gasteiger partial charge is 0.394 e. The third-order valence-electron chi connectivity index (χ3n) is 5.39. The third kappa shape index (κ3) is 4.03. The second kappa shape index (κ2) is 8.32. The van der Waals surface area contributed by atoms with Crippen LogP contribution in [0.25, 0.3) is 11.2 Å². The number of hydrogen-bond acceptors (Lipinski definition) is 6. The van der Waals surface area contributed by atoms with E-state index >= 15 is 0 Å². The maximum Gasteiger partial charge on any atom is 0.274 e. The van der Waals surface area contributed by atoms with Gasteiger partial charge in [0, 0.05) is 12.8 Å². The monoisotopic (exact) mass is 396 g/mol. The van der Waals surface area contributed by atoms with Crippen LogP contribution in [0.1, 0.15) is 57.3 Å². The minimum Gasteiger partial charge on any atom is -0.394 e. The smallest absolute Gasteiger partial charge is 0.274 e. The van der Waals surface area contributed by atoms with Gasteiger partial charge >= 0.3 is 0 Å². The summed E-state index contributed by atoms with van der Waals surface area (Å²) in [6.45, 7) is 5.42. The van der Waals surface area contributed by atoms with Crippen LogP contribution in [0.3, 0.4) is 0 Å². The highest BCUT2D eigenvalue weighted by molar-refractivity contribution is 5.74. The fraction of sp³-hybridized carbons (Fsp3) is 0.524. The molecule has 1 fully saturated rings. The van der Waals surface area contributed by atoms with E-state index in [1.54, 1.807) is 29.2 Å². The lowest BCUT2D eigenvalue weighted by Gasteiger charge is -2.25. The third-order valence-corrected chi connectivity index (χ3v) is 5.39. The van der Waals surface area contributed by atoms with Crippen LogP contribution >= 0.6 is 0 Å². The summed E-state index contributed by atoms with van der Waals surface area (Å²) in [7, 11) is 0. The van der Waals surface area contributed by atoms with Crippen LogP contribution in [0, 0.1) is 5.92 Å². The molecule has 0 aliphatic carbocycles. The van der Waals surface area contributed by atoms with Crippen molar-refractivity contribution < 1.29 is 4.74 Å². The highest BCUT2D eigenvalue weighted by Gasteiger charge is 2.25. The Bertz CT molecular complexity index is 1050. The molecule has 4 heterocycles. The molecule has 0 bridgehead atoms. The number of ether oxygens (including phenoxy) is 1. The van der Waals surface area contributed by atoms with Gasteiger partial charge in [-0.3, -0.25) is 9.36 Å². The standard InChI is InChI=1S/C21H28N6O2/c1-14(2)8-9-16-19-20(24-13-23-16)27(18-7-3-4-11-29-18)17(25-19)12-26-10-5-6-15(22)21(26)28/h5-6,10,13-14,18H,3-4,7-9,11-12,22H2,1-2H3. The average Bonchev–Trinajstić information content (AvgIpc) is 3.09. The zero-order chi connectivity index (χ0) is 20.4. The zero-order valence-corrected chi connectivity index (χ0v) is 17.0. The molecule has 1 aliphatic rings. The second-order valence-electron chi connectivity index (χ2n) is 8.04. The van der Waals surface area contributed by atoms with E-state index in [0.717, 1.165) is 54.8 Å². The minimum absolute atomic E-state index is 0.131. The predicted octanol–water partition coefficient (Wildman–Crippen LogP) is 2.91. The summed E-state index contributed by atoms with van der Waals surface area (Å²) in [6.07, 6.45) is 8.13. The van der Waals surface area contributed by atoms with Crippen LogP contribution in [-0.2, 0) is 17.7 Å². The Kier molecular flexibility index (Phi) is 5.62. The highest BCUT2D eigenvalue weighted by Crippen LogP contribution is 2.29. The van der Waals surface area contributed by atoms with E-state index in [4.69, 9.17) is 15.5 Å². The molecular formula is C21H28N6O2. The first-order chi connectivity index (χ1) is 14.0. The van der Waals surface area contributed by atoms with Crippen molar-refractivity contribution in [3.63, 3.8) is 0 Å². The number of nitrogens with two attached hydrogens (primary N) is 1. The maximum atomic E-state index is 12.5. The van der Waals surface area contributed by atoms with Crippen molar-refractivity contribution >= 4 is 16.9 Å². The molecule has 0 saturated carbocycles. The average molecular weight is 396 g/mol. The molecule has 2 N–H and O–H groups in total. The van der Waals surface area contributed by atoms with E-state index in [9.17, 15) is 4.79 Å². The van der Waals surface area contributed by atoms with Crippen molar-refractivity contribution in [1.82, 2.24) is 24.1 Å². The number of imidazole rings is 1. The first-order valence-electron chi connectivity index (χ1n) is 10.3. The summed E-state index contributed by atoms with van der Waals surface area (Å²) >= 11 is 0. The fourth-order valence-electron chi connectivity index (χ4n) is 3.78. The number of pyridine rings is 1. The van der Waals surface area contributed by atoms with Crippen LogP contribution < -0.4 is 11.3 Å². The highest BCUT2D eigenvalue weighted by atomic mass is 16.5. The van der Waals surface area contributed by atoms with Gasteiger partial charge in [-0.1, -0.05) is 13.8 Å². The van der Waals surface area contributed by atoms with Gasteiger partial charge in [-0.15, -0.1) is 0 Å². The Labute approximate surface area is 169 Å². The number of aryl methyl sites for hydroxylation is 1.